The SMILES string of the molecule is CC(CCN)CCC(=O)Nc1ccc(Br)c(C(=O)O)c1. The third-order valence-electron chi connectivity index (χ3n) is 3.00. The lowest BCUT2D eigenvalue weighted by Crippen LogP contribution is -2.14. The molecule has 1 atom stereocenters. The summed E-state index contributed by atoms with van der Waals surface area (Å²) >= 11 is 3.16. The number of hydrogen-bond acceptors (Lipinski definition) is 3. The molecule has 0 aliphatic carbocycles. The minimum absolute atomic E-state index is 0.118. The highest BCUT2D eigenvalue weighted by Crippen LogP contribution is 2.21. The Balaban J connectivity index is 2.58. The molecule has 5 nitrogen and oxygen atoms in total. The van der Waals surface area contributed by atoms with E-state index in [0.717, 1.165) is 12.8 Å². The van der Waals surface area contributed by atoms with Crippen molar-refractivity contribution in [2.45, 2.75) is 26.2 Å². The van der Waals surface area contributed by atoms with E-state index >= 15 is 0 Å². The van der Waals surface area contributed by atoms with Crippen LogP contribution in [0, 0.1) is 5.92 Å². The number of nitrogens with two attached hydrogens (primary N) is 1. The van der Waals surface area contributed by atoms with E-state index in [1.165, 1.54) is 6.07 Å². The molecule has 0 saturated carbocycles. The number of benzene rings is 1. The Hall–Kier alpha value is -1.40. The lowest BCUT2D eigenvalue weighted by atomic mass is 10.0. The van der Waals surface area contributed by atoms with Crippen LogP contribution in [0.4, 0.5) is 5.69 Å². The smallest absolute Gasteiger partial charge is 0.336 e. The van der Waals surface area contributed by atoms with E-state index in [1.54, 1.807) is 12.1 Å². The van der Waals surface area contributed by atoms with Crippen molar-refractivity contribution in [3.63, 3.8) is 0 Å². The molecule has 1 aromatic carbocycles. The van der Waals surface area contributed by atoms with Crippen molar-refractivity contribution < 1.29 is 14.7 Å². The summed E-state index contributed by atoms with van der Waals surface area (Å²) in [5, 5.41) is 11.7. The Kier molecular flexibility index (Phi) is 6.67. The van der Waals surface area contributed by atoms with Gasteiger partial charge in [0.1, 0.15) is 0 Å². The number of amides is 1. The summed E-state index contributed by atoms with van der Waals surface area (Å²) in [5.41, 5.74) is 6.07. The summed E-state index contributed by atoms with van der Waals surface area (Å²) in [7, 11) is 0. The average Bonchev–Trinajstić information content (AvgIpc) is 2.39. The molecular formula is C14H19BrN2O3. The van der Waals surface area contributed by atoms with E-state index in [1.807, 2.05) is 0 Å². The van der Waals surface area contributed by atoms with Crippen LogP contribution in [0.15, 0.2) is 22.7 Å². The van der Waals surface area contributed by atoms with Gasteiger partial charge in [0.15, 0.2) is 0 Å². The number of rotatable bonds is 7. The van der Waals surface area contributed by atoms with Crippen LogP contribution in [-0.2, 0) is 4.79 Å². The summed E-state index contributed by atoms with van der Waals surface area (Å²) in [6.07, 6.45) is 2.07. The van der Waals surface area contributed by atoms with E-state index in [4.69, 9.17) is 10.8 Å². The predicted molar refractivity (Wildman–Crippen MR) is 81.8 cm³/mol. The standard InChI is InChI=1S/C14H19BrN2O3/c1-9(6-7-16)2-5-13(18)17-10-3-4-12(15)11(8-10)14(19)20/h3-4,8-9H,2,5-7,16H2,1H3,(H,17,18)(H,19,20). The lowest BCUT2D eigenvalue weighted by Gasteiger charge is -2.10. The molecular weight excluding hydrogens is 324 g/mol. The third kappa shape index (κ3) is 5.30. The predicted octanol–water partition coefficient (Wildman–Crippen LogP) is 2.85. The van der Waals surface area contributed by atoms with Crippen LogP contribution in [0.2, 0.25) is 0 Å². The maximum absolute atomic E-state index is 11.8. The molecule has 110 valence electrons. The number of anilines is 1. The van der Waals surface area contributed by atoms with Crippen LogP contribution in [0.25, 0.3) is 0 Å². The Bertz CT molecular complexity index is 491. The number of aromatic carboxylic acids is 1. The van der Waals surface area contributed by atoms with Gasteiger partial charge >= 0.3 is 5.97 Å². The summed E-state index contributed by atoms with van der Waals surface area (Å²) in [6.45, 7) is 2.68. The summed E-state index contributed by atoms with van der Waals surface area (Å²) < 4.78 is 0.486. The average molecular weight is 343 g/mol. The maximum atomic E-state index is 11.8. The van der Waals surface area contributed by atoms with E-state index in [0.29, 0.717) is 29.0 Å². The highest BCUT2D eigenvalue weighted by atomic mass is 79.9. The molecule has 0 spiro atoms. The maximum Gasteiger partial charge on any atom is 0.336 e. The van der Waals surface area contributed by atoms with Gasteiger partial charge in [0.2, 0.25) is 5.91 Å². The van der Waals surface area contributed by atoms with Crippen molar-refractivity contribution in [1.82, 2.24) is 0 Å². The largest absolute Gasteiger partial charge is 0.478 e. The van der Waals surface area contributed by atoms with Crippen molar-refractivity contribution in [1.29, 1.82) is 0 Å². The van der Waals surface area contributed by atoms with Gasteiger partial charge in [0, 0.05) is 16.6 Å². The molecule has 0 aromatic heterocycles. The van der Waals surface area contributed by atoms with Crippen molar-refractivity contribution >= 4 is 33.5 Å². The minimum Gasteiger partial charge on any atom is -0.478 e. The third-order valence-corrected chi connectivity index (χ3v) is 3.70. The van der Waals surface area contributed by atoms with Crippen LogP contribution >= 0.6 is 15.9 Å². The lowest BCUT2D eigenvalue weighted by molar-refractivity contribution is -0.116. The quantitative estimate of drug-likeness (QED) is 0.710. The molecule has 1 rings (SSSR count). The number of carboxylic acids is 1. The number of carboxylic acid groups (broad SMARTS) is 1. The molecule has 1 unspecified atom stereocenters. The minimum atomic E-state index is -1.04. The molecule has 0 saturated heterocycles. The molecule has 0 fully saturated rings. The topological polar surface area (TPSA) is 92.4 Å². The van der Waals surface area contributed by atoms with Crippen LogP contribution in [0.3, 0.4) is 0 Å². The molecule has 0 aliphatic heterocycles. The molecule has 4 N–H and O–H groups in total. The highest BCUT2D eigenvalue weighted by molar-refractivity contribution is 9.10. The fourth-order valence-corrected chi connectivity index (χ4v) is 2.21. The van der Waals surface area contributed by atoms with E-state index in [9.17, 15) is 9.59 Å². The molecule has 0 bridgehead atoms. The highest BCUT2D eigenvalue weighted by Gasteiger charge is 2.11. The molecule has 0 heterocycles. The second-order valence-electron chi connectivity index (χ2n) is 4.77. The zero-order valence-electron chi connectivity index (χ0n) is 11.4. The zero-order valence-corrected chi connectivity index (χ0v) is 12.9. The van der Waals surface area contributed by atoms with Crippen molar-refractivity contribution in [2.75, 3.05) is 11.9 Å². The Labute approximate surface area is 126 Å². The molecule has 0 aliphatic rings. The van der Waals surface area contributed by atoms with Crippen molar-refractivity contribution in [2.24, 2.45) is 11.7 Å². The van der Waals surface area contributed by atoms with E-state index in [-0.39, 0.29) is 11.5 Å². The normalized spacial score (nSPS) is 11.9. The monoisotopic (exact) mass is 342 g/mol. The fraction of sp³-hybridized carbons (Fsp3) is 0.429. The molecule has 20 heavy (non-hydrogen) atoms. The van der Waals surface area contributed by atoms with Crippen LogP contribution < -0.4 is 11.1 Å². The van der Waals surface area contributed by atoms with Crippen LogP contribution in [-0.4, -0.2) is 23.5 Å². The first-order valence-electron chi connectivity index (χ1n) is 6.46. The van der Waals surface area contributed by atoms with Crippen LogP contribution in [0.1, 0.15) is 36.5 Å². The van der Waals surface area contributed by atoms with Gasteiger partial charge in [0.05, 0.1) is 5.56 Å². The van der Waals surface area contributed by atoms with E-state index < -0.39 is 5.97 Å². The second kappa shape index (κ2) is 8.01. The molecule has 1 amide bonds. The zero-order chi connectivity index (χ0) is 15.1. The van der Waals surface area contributed by atoms with Crippen molar-refractivity contribution in [3.8, 4) is 0 Å². The first-order chi connectivity index (χ1) is 9.43. The number of carbonyl (C=O) groups is 2. The van der Waals surface area contributed by atoms with Gasteiger partial charge in [-0.25, -0.2) is 4.79 Å². The Morgan fingerprint density at radius 1 is 1.40 bits per heavy atom. The first-order valence-corrected chi connectivity index (χ1v) is 7.26. The summed E-state index contributed by atoms with van der Waals surface area (Å²) in [4.78, 5) is 22.8. The van der Waals surface area contributed by atoms with Gasteiger partial charge < -0.3 is 16.2 Å². The summed E-state index contributed by atoms with van der Waals surface area (Å²) in [5.74, 6) is -0.748. The Morgan fingerprint density at radius 3 is 2.70 bits per heavy atom. The van der Waals surface area contributed by atoms with E-state index in [2.05, 4.69) is 28.2 Å². The Morgan fingerprint density at radius 2 is 2.10 bits per heavy atom. The van der Waals surface area contributed by atoms with Crippen LogP contribution in [0.5, 0.6) is 0 Å². The second-order valence-corrected chi connectivity index (χ2v) is 5.62. The van der Waals surface area contributed by atoms with Gasteiger partial charge in [-0.1, -0.05) is 6.92 Å². The molecule has 6 heteroatoms. The van der Waals surface area contributed by atoms with Gasteiger partial charge in [-0.15, -0.1) is 0 Å². The van der Waals surface area contributed by atoms with Gasteiger partial charge in [-0.2, -0.15) is 0 Å². The molecule has 0 radical (unpaired) electrons. The summed E-state index contributed by atoms with van der Waals surface area (Å²) in [6, 6.07) is 4.71. The van der Waals surface area contributed by atoms with Gasteiger partial charge in [-0.3, -0.25) is 4.79 Å². The van der Waals surface area contributed by atoms with Gasteiger partial charge in [-0.05, 0) is 59.4 Å². The number of carbonyl (C=O) groups excluding carboxylic acids is 1. The number of hydrogen-bond donors (Lipinski definition) is 3. The van der Waals surface area contributed by atoms with Crippen molar-refractivity contribution in [3.05, 3.63) is 28.2 Å². The van der Waals surface area contributed by atoms with Gasteiger partial charge in [0.25, 0.3) is 0 Å². The number of nitrogens with one attached hydrogen (secondary N) is 1. The number of halogens is 1. The fourth-order valence-electron chi connectivity index (χ4n) is 1.80. The first kappa shape index (κ1) is 16.7. The molecule has 1 aromatic rings.